The summed E-state index contributed by atoms with van der Waals surface area (Å²) in [7, 11) is 0. The number of phenols is 1. The van der Waals surface area contributed by atoms with Gasteiger partial charge in [0, 0.05) is 17.3 Å². The van der Waals surface area contributed by atoms with Crippen molar-refractivity contribution in [1.82, 2.24) is 5.32 Å². The van der Waals surface area contributed by atoms with Gasteiger partial charge in [-0.05, 0) is 41.5 Å². The Kier molecular flexibility index (Phi) is 5.03. The molecule has 0 bridgehead atoms. The number of amides is 2. The first-order valence-corrected chi connectivity index (χ1v) is 9.00. The van der Waals surface area contributed by atoms with Crippen LogP contribution in [0.5, 0.6) is 11.5 Å². The van der Waals surface area contributed by atoms with Gasteiger partial charge >= 0.3 is 0 Å². The van der Waals surface area contributed by atoms with E-state index in [2.05, 4.69) is 21.2 Å². The Bertz CT molecular complexity index is 866. The minimum atomic E-state index is -0.751. The molecule has 1 aliphatic heterocycles. The lowest BCUT2D eigenvalue weighted by atomic mass is 9.86. The van der Waals surface area contributed by atoms with E-state index in [0.717, 1.165) is 5.39 Å². The van der Waals surface area contributed by atoms with Crippen molar-refractivity contribution >= 4 is 44.2 Å². The number of carbonyl (C=O) groups excluding carboxylic acids is 2. The quantitative estimate of drug-likeness (QED) is 0.405. The molecular formula is C18H17BrN2O4. The first kappa shape index (κ1) is 17.4. The predicted octanol–water partition coefficient (Wildman–Crippen LogP) is 2.74. The van der Waals surface area contributed by atoms with Crippen LogP contribution in [0.15, 0.2) is 30.3 Å². The number of phenolic OH excluding ortho intramolecular Hbond substituents is 1. The molecule has 3 rings (SSSR count). The molecule has 1 aliphatic rings. The van der Waals surface area contributed by atoms with E-state index in [1.165, 1.54) is 6.07 Å². The summed E-state index contributed by atoms with van der Waals surface area (Å²) < 4.78 is 5.57. The topological polar surface area (TPSA) is 99.5 Å². The van der Waals surface area contributed by atoms with Crippen LogP contribution in [0.3, 0.4) is 0 Å². The van der Waals surface area contributed by atoms with E-state index in [0.29, 0.717) is 28.6 Å². The van der Waals surface area contributed by atoms with E-state index in [-0.39, 0.29) is 30.2 Å². The second-order valence-electron chi connectivity index (χ2n) is 5.80. The van der Waals surface area contributed by atoms with Gasteiger partial charge in [0.1, 0.15) is 11.5 Å². The number of piperidine rings is 1. The van der Waals surface area contributed by atoms with Gasteiger partial charge in [-0.15, -0.1) is 0 Å². The summed E-state index contributed by atoms with van der Waals surface area (Å²) in [5.41, 5.74) is 0.335. The summed E-state index contributed by atoms with van der Waals surface area (Å²) in [4.78, 5) is 23.4. The molecule has 1 fully saturated rings. The largest absolute Gasteiger partial charge is 0.507 e. The maximum Gasteiger partial charge on any atom is 0.235 e. The molecule has 0 aliphatic carbocycles. The second-order valence-corrected chi connectivity index (χ2v) is 6.59. The molecule has 1 atom stereocenters. The molecule has 2 aromatic rings. The number of imide groups is 1. The van der Waals surface area contributed by atoms with Gasteiger partial charge in [-0.2, -0.15) is 0 Å². The lowest BCUT2D eigenvalue weighted by molar-refractivity contribution is -0.134. The molecule has 3 N–H and O–H groups in total. The van der Waals surface area contributed by atoms with Crippen molar-refractivity contribution in [2.45, 2.75) is 12.8 Å². The van der Waals surface area contributed by atoms with Gasteiger partial charge in [-0.3, -0.25) is 14.9 Å². The number of hydrogen-bond acceptors (Lipinski definition) is 5. The van der Waals surface area contributed by atoms with Crippen LogP contribution in [0.1, 0.15) is 18.4 Å². The van der Waals surface area contributed by atoms with E-state index >= 15 is 0 Å². The Balaban J connectivity index is 2.00. The number of alkyl halides is 1. The number of hydrogen-bond donors (Lipinski definition) is 3. The van der Waals surface area contributed by atoms with Crippen LogP contribution in [0.2, 0.25) is 0 Å². The third-order valence-corrected chi connectivity index (χ3v) is 4.50. The molecule has 1 unspecified atom stereocenters. The number of rotatable bonds is 5. The highest BCUT2D eigenvalue weighted by Crippen LogP contribution is 2.33. The fourth-order valence-electron chi connectivity index (χ4n) is 2.97. The Hall–Kier alpha value is -2.41. The maximum absolute atomic E-state index is 12.1. The molecule has 0 radical (unpaired) electrons. The number of fused-ring (bicyclic) bond motifs is 1. The molecule has 130 valence electrons. The highest BCUT2D eigenvalue weighted by atomic mass is 79.9. The molecule has 2 amide bonds. The van der Waals surface area contributed by atoms with Crippen LogP contribution in [0, 0.1) is 11.3 Å². The number of ether oxygens (including phenoxy) is 1. The summed E-state index contributed by atoms with van der Waals surface area (Å²) >= 11 is 3.30. The Morgan fingerprint density at radius 1 is 1.32 bits per heavy atom. The smallest absolute Gasteiger partial charge is 0.235 e. The number of aromatic hydroxyl groups is 1. The van der Waals surface area contributed by atoms with E-state index in [9.17, 15) is 14.7 Å². The van der Waals surface area contributed by atoms with Gasteiger partial charge in [0.2, 0.25) is 11.8 Å². The van der Waals surface area contributed by atoms with Crippen LogP contribution >= 0.6 is 15.9 Å². The fourth-order valence-corrected chi connectivity index (χ4v) is 3.13. The molecule has 6 nitrogen and oxygen atoms in total. The number of nitrogens with one attached hydrogen (secondary N) is 2. The molecule has 0 aromatic heterocycles. The summed E-state index contributed by atoms with van der Waals surface area (Å²) in [6.45, 7) is 0.530. The third-order valence-electron chi connectivity index (χ3n) is 4.17. The molecule has 25 heavy (non-hydrogen) atoms. The number of benzene rings is 2. The van der Waals surface area contributed by atoms with Crippen LogP contribution in [0.4, 0.5) is 0 Å². The van der Waals surface area contributed by atoms with Crippen LogP contribution in [0.25, 0.3) is 10.8 Å². The molecule has 0 saturated carbocycles. The molecular weight excluding hydrogens is 388 g/mol. The monoisotopic (exact) mass is 404 g/mol. The lowest BCUT2D eigenvalue weighted by Crippen LogP contribution is -2.43. The molecule has 2 aromatic carbocycles. The second kappa shape index (κ2) is 7.23. The average molecular weight is 405 g/mol. The Morgan fingerprint density at radius 2 is 2.12 bits per heavy atom. The molecule has 7 heteroatoms. The van der Waals surface area contributed by atoms with Gasteiger partial charge < -0.3 is 15.3 Å². The van der Waals surface area contributed by atoms with Crippen molar-refractivity contribution in [1.29, 1.82) is 5.41 Å². The van der Waals surface area contributed by atoms with Crippen molar-refractivity contribution < 1.29 is 19.4 Å². The van der Waals surface area contributed by atoms with E-state index in [4.69, 9.17) is 10.1 Å². The Labute approximate surface area is 152 Å². The van der Waals surface area contributed by atoms with Crippen molar-refractivity contribution in [3.8, 4) is 11.5 Å². The number of halogens is 1. The first-order valence-electron chi connectivity index (χ1n) is 7.88. The summed E-state index contributed by atoms with van der Waals surface area (Å²) in [5, 5.41) is 23.2. The lowest BCUT2D eigenvalue weighted by Gasteiger charge is -2.23. The van der Waals surface area contributed by atoms with Gasteiger partial charge in [-0.1, -0.05) is 22.0 Å². The van der Waals surface area contributed by atoms with E-state index < -0.39 is 11.8 Å². The van der Waals surface area contributed by atoms with Gasteiger partial charge in [0.05, 0.1) is 18.2 Å². The predicted molar refractivity (Wildman–Crippen MR) is 97.6 cm³/mol. The fraction of sp³-hybridized carbons (Fsp3) is 0.278. The Morgan fingerprint density at radius 3 is 2.84 bits per heavy atom. The SMILES string of the molecule is N=C(c1c(O)ccc2cc(OCCBr)ccc12)C1CCC(=O)NC1=O. The summed E-state index contributed by atoms with van der Waals surface area (Å²) in [6.07, 6.45) is 0.459. The summed E-state index contributed by atoms with van der Waals surface area (Å²) in [6, 6.07) is 8.62. The average Bonchev–Trinajstić information content (AvgIpc) is 2.59. The van der Waals surface area contributed by atoms with Crippen LogP contribution in [-0.4, -0.2) is 34.6 Å². The minimum absolute atomic E-state index is 0.0160. The van der Waals surface area contributed by atoms with Gasteiger partial charge in [0.25, 0.3) is 0 Å². The van der Waals surface area contributed by atoms with Crippen LogP contribution in [-0.2, 0) is 9.59 Å². The summed E-state index contributed by atoms with van der Waals surface area (Å²) in [5.74, 6) is -0.939. The van der Waals surface area contributed by atoms with Crippen molar-refractivity contribution in [3.63, 3.8) is 0 Å². The maximum atomic E-state index is 12.1. The minimum Gasteiger partial charge on any atom is -0.507 e. The molecule has 1 heterocycles. The van der Waals surface area contributed by atoms with Crippen molar-refractivity contribution in [3.05, 3.63) is 35.9 Å². The highest BCUT2D eigenvalue weighted by molar-refractivity contribution is 9.09. The zero-order valence-corrected chi connectivity index (χ0v) is 14.9. The van der Waals surface area contributed by atoms with Crippen molar-refractivity contribution in [2.24, 2.45) is 5.92 Å². The number of carbonyl (C=O) groups is 2. The van der Waals surface area contributed by atoms with Gasteiger partial charge in [-0.25, -0.2) is 0 Å². The normalized spacial score (nSPS) is 17.4. The van der Waals surface area contributed by atoms with Crippen molar-refractivity contribution in [2.75, 3.05) is 11.9 Å². The first-order chi connectivity index (χ1) is 12.0. The van der Waals surface area contributed by atoms with Gasteiger partial charge in [0.15, 0.2) is 0 Å². The van der Waals surface area contributed by atoms with E-state index in [1.807, 2.05) is 6.07 Å². The van der Waals surface area contributed by atoms with Crippen LogP contribution < -0.4 is 10.1 Å². The van der Waals surface area contributed by atoms with E-state index in [1.54, 1.807) is 18.2 Å². The molecule has 1 saturated heterocycles. The standard InChI is InChI=1S/C18H17BrN2O4/c19-7-8-25-11-2-3-12-10(9-11)1-5-14(22)16(12)17(20)13-4-6-15(23)21-18(13)24/h1-3,5,9,13,20,22H,4,6-8H2,(H,21,23,24). The zero-order chi connectivity index (χ0) is 18.0. The molecule has 0 spiro atoms. The highest BCUT2D eigenvalue weighted by Gasteiger charge is 2.32. The zero-order valence-electron chi connectivity index (χ0n) is 13.3. The third kappa shape index (κ3) is 3.51.